The fraction of sp³-hybridized carbons (Fsp3) is 0.381. The van der Waals surface area contributed by atoms with Crippen molar-refractivity contribution in [3.8, 4) is 0 Å². The predicted molar refractivity (Wildman–Crippen MR) is 132 cm³/mol. The molecule has 1 atom stereocenters. The Hall–Kier alpha value is -1.81. The van der Waals surface area contributed by atoms with E-state index in [1.165, 1.54) is 4.90 Å². The lowest BCUT2D eigenvalue weighted by Gasteiger charge is -2.19. The molecule has 0 saturated heterocycles. The van der Waals surface area contributed by atoms with Gasteiger partial charge in [-0.2, -0.15) is 0 Å². The van der Waals surface area contributed by atoms with Crippen LogP contribution >= 0.6 is 35.7 Å². The van der Waals surface area contributed by atoms with Crippen molar-refractivity contribution in [3.05, 3.63) is 60.4 Å². The second kappa shape index (κ2) is 14.2. The van der Waals surface area contributed by atoms with Gasteiger partial charge in [-0.15, -0.1) is 35.7 Å². The molecule has 8 heteroatoms. The zero-order chi connectivity index (χ0) is 20.2. The van der Waals surface area contributed by atoms with E-state index in [-0.39, 0.29) is 36.4 Å². The Kier molecular flexibility index (Phi) is 12.4. The minimum absolute atomic E-state index is 0. The van der Waals surface area contributed by atoms with Crippen LogP contribution in [0.1, 0.15) is 12.6 Å². The summed E-state index contributed by atoms with van der Waals surface area (Å²) >= 11 is 1.80. The number of carbonyl (C=O) groups is 1. The van der Waals surface area contributed by atoms with E-state index in [0.29, 0.717) is 17.8 Å². The normalized spacial score (nSPS) is 11.9. The average Bonchev–Trinajstić information content (AvgIpc) is 2.73. The van der Waals surface area contributed by atoms with E-state index in [1.54, 1.807) is 29.9 Å². The highest BCUT2D eigenvalue weighted by molar-refractivity contribution is 14.0. The fourth-order valence-corrected chi connectivity index (χ4v) is 3.43. The zero-order valence-electron chi connectivity index (χ0n) is 17.2. The maximum Gasteiger partial charge on any atom is 0.241 e. The van der Waals surface area contributed by atoms with Crippen molar-refractivity contribution in [2.45, 2.75) is 23.5 Å². The molecule has 158 valence electrons. The molecule has 1 aromatic heterocycles. The second-order valence-electron chi connectivity index (χ2n) is 6.43. The van der Waals surface area contributed by atoms with Crippen molar-refractivity contribution < 1.29 is 4.79 Å². The summed E-state index contributed by atoms with van der Waals surface area (Å²) < 4.78 is 0. The van der Waals surface area contributed by atoms with E-state index in [4.69, 9.17) is 0 Å². The Morgan fingerprint density at radius 1 is 1.17 bits per heavy atom. The summed E-state index contributed by atoms with van der Waals surface area (Å²) in [5, 5.41) is 6.74. The van der Waals surface area contributed by atoms with Gasteiger partial charge in [-0.1, -0.05) is 31.2 Å². The third-order valence-corrected chi connectivity index (χ3v) is 5.24. The van der Waals surface area contributed by atoms with Gasteiger partial charge in [0.2, 0.25) is 5.91 Å². The van der Waals surface area contributed by atoms with E-state index in [1.807, 2.05) is 43.4 Å². The van der Waals surface area contributed by atoms with Gasteiger partial charge in [-0.25, -0.2) is 0 Å². The molecule has 0 fully saturated rings. The summed E-state index contributed by atoms with van der Waals surface area (Å²) in [4.78, 5) is 23.8. The summed E-state index contributed by atoms with van der Waals surface area (Å²) in [6.07, 6.45) is 2.51. The highest BCUT2D eigenvalue weighted by Crippen LogP contribution is 2.21. The largest absolute Gasteiger partial charge is 0.355 e. The van der Waals surface area contributed by atoms with Gasteiger partial charge in [0.05, 0.1) is 6.54 Å². The third kappa shape index (κ3) is 9.98. The number of halogens is 1. The molecule has 0 spiro atoms. The van der Waals surface area contributed by atoms with Gasteiger partial charge in [0.25, 0.3) is 0 Å². The number of hydrogen-bond donors (Lipinski definition) is 2. The molecule has 0 saturated carbocycles. The van der Waals surface area contributed by atoms with Crippen molar-refractivity contribution in [1.29, 1.82) is 0 Å². The van der Waals surface area contributed by atoms with E-state index in [2.05, 4.69) is 39.7 Å². The first-order chi connectivity index (χ1) is 13.6. The number of benzene rings is 1. The molecular formula is C21H30IN5OS. The predicted octanol–water partition coefficient (Wildman–Crippen LogP) is 3.05. The standard InChI is InChI=1S/C21H29N5OS.HI/c1-17(28-19-10-5-4-6-11-19)15-24-21(22-2)25-16-20(27)26(3)14-12-18-9-7-8-13-23-18;/h4-11,13,17H,12,14-16H2,1-3H3,(H2,22,24,25);1H. The van der Waals surface area contributed by atoms with Crippen LogP contribution in [0.5, 0.6) is 0 Å². The van der Waals surface area contributed by atoms with Crippen LogP contribution in [-0.4, -0.2) is 60.7 Å². The van der Waals surface area contributed by atoms with Gasteiger partial charge in [0.15, 0.2) is 5.96 Å². The maximum absolute atomic E-state index is 12.3. The molecule has 0 aliphatic heterocycles. The van der Waals surface area contributed by atoms with Gasteiger partial charge in [-0.05, 0) is 24.3 Å². The minimum Gasteiger partial charge on any atom is -0.355 e. The number of aliphatic imine (C=N–C) groups is 1. The monoisotopic (exact) mass is 527 g/mol. The quantitative estimate of drug-likeness (QED) is 0.227. The van der Waals surface area contributed by atoms with Crippen LogP contribution in [0.15, 0.2) is 64.6 Å². The average molecular weight is 527 g/mol. The number of nitrogens with one attached hydrogen (secondary N) is 2. The van der Waals surface area contributed by atoms with Crippen LogP contribution < -0.4 is 10.6 Å². The molecule has 0 aliphatic carbocycles. The van der Waals surface area contributed by atoms with Crippen LogP contribution in [0.4, 0.5) is 0 Å². The topological polar surface area (TPSA) is 69.6 Å². The van der Waals surface area contributed by atoms with Crippen LogP contribution in [0.25, 0.3) is 0 Å². The molecule has 2 rings (SSSR count). The number of aromatic nitrogens is 1. The molecule has 2 aromatic rings. The van der Waals surface area contributed by atoms with Crippen molar-refractivity contribution in [3.63, 3.8) is 0 Å². The van der Waals surface area contributed by atoms with Crippen molar-refractivity contribution >= 4 is 47.6 Å². The summed E-state index contributed by atoms with van der Waals surface area (Å²) in [6.45, 7) is 3.75. The van der Waals surface area contributed by atoms with Gasteiger partial charge < -0.3 is 15.5 Å². The molecule has 0 aliphatic rings. The Bertz CT molecular complexity index is 745. The highest BCUT2D eigenvalue weighted by atomic mass is 127. The summed E-state index contributed by atoms with van der Waals surface area (Å²) in [7, 11) is 3.52. The number of likely N-dealkylation sites (N-methyl/N-ethyl adjacent to an activating group) is 1. The third-order valence-electron chi connectivity index (χ3n) is 4.12. The van der Waals surface area contributed by atoms with Gasteiger partial charge in [0.1, 0.15) is 0 Å². The van der Waals surface area contributed by atoms with E-state index in [9.17, 15) is 4.79 Å². The highest BCUT2D eigenvalue weighted by Gasteiger charge is 2.11. The molecule has 1 aromatic carbocycles. The molecule has 1 heterocycles. The minimum atomic E-state index is 0. The first-order valence-electron chi connectivity index (χ1n) is 9.38. The number of thioether (sulfide) groups is 1. The molecular weight excluding hydrogens is 497 g/mol. The Labute approximate surface area is 195 Å². The summed E-state index contributed by atoms with van der Waals surface area (Å²) in [5.74, 6) is 0.651. The van der Waals surface area contributed by atoms with Crippen LogP contribution in [0, 0.1) is 0 Å². The van der Waals surface area contributed by atoms with Crippen molar-refractivity contribution in [2.75, 3.05) is 33.7 Å². The second-order valence-corrected chi connectivity index (χ2v) is 7.95. The number of rotatable bonds is 9. The number of amides is 1. The molecule has 0 radical (unpaired) electrons. The molecule has 29 heavy (non-hydrogen) atoms. The number of hydrogen-bond acceptors (Lipinski definition) is 4. The number of carbonyl (C=O) groups excluding carboxylic acids is 1. The Morgan fingerprint density at radius 3 is 2.55 bits per heavy atom. The number of nitrogens with zero attached hydrogens (tertiary/aromatic N) is 3. The lowest BCUT2D eigenvalue weighted by Crippen LogP contribution is -2.45. The Balaban J connectivity index is 0.00000420. The number of guanidine groups is 1. The van der Waals surface area contributed by atoms with Crippen molar-refractivity contribution in [1.82, 2.24) is 20.5 Å². The number of pyridine rings is 1. The van der Waals surface area contributed by atoms with E-state index >= 15 is 0 Å². The lowest BCUT2D eigenvalue weighted by molar-refractivity contribution is -0.128. The summed E-state index contributed by atoms with van der Waals surface area (Å²) in [5.41, 5.74) is 0.984. The smallest absolute Gasteiger partial charge is 0.241 e. The fourth-order valence-electron chi connectivity index (χ4n) is 2.48. The van der Waals surface area contributed by atoms with Crippen LogP contribution in [0.2, 0.25) is 0 Å². The van der Waals surface area contributed by atoms with Crippen LogP contribution in [-0.2, 0) is 11.2 Å². The first-order valence-corrected chi connectivity index (χ1v) is 10.3. The zero-order valence-corrected chi connectivity index (χ0v) is 20.3. The van der Waals surface area contributed by atoms with E-state index in [0.717, 1.165) is 18.7 Å². The van der Waals surface area contributed by atoms with Gasteiger partial charge >= 0.3 is 0 Å². The summed E-state index contributed by atoms with van der Waals surface area (Å²) in [6, 6.07) is 16.1. The Morgan fingerprint density at radius 2 is 1.90 bits per heavy atom. The lowest BCUT2D eigenvalue weighted by atomic mass is 10.2. The van der Waals surface area contributed by atoms with Gasteiger partial charge in [0, 0.05) is 55.6 Å². The SMILES string of the molecule is CN=C(NCC(=O)N(C)CCc1ccccn1)NCC(C)Sc1ccccc1.I. The maximum atomic E-state index is 12.3. The molecule has 1 unspecified atom stereocenters. The van der Waals surface area contributed by atoms with Gasteiger partial charge in [-0.3, -0.25) is 14.8 Å². The molecule has 2 N–H and O–H groups in total. The first kappa shape index (κ1) is 25.2. The van der Waals surface area contributed by atoms with Crippen molar-refractivity contribution in [2.24, 2.45) is 4.99 Å². The van der Waals surface area contributed by atoms with Crippen LogP contribution in [0.3, 0.4) is 0 Å². The molecule has 6 nitrogen and oxygen atoms in total. The molecule has 1 amide bonds. The molecule has 0 bridgehead atoms. The van der Waals surface area contributed by atoms with E-state index < -0.39 is 0 Å².